The van der Waals surface area contributed by atoms with Crippen molar-refractivity contribution in [3.05, 3.63) is 47.4 Å². The minimum absolute atomic E-state index is 0.0186. The fourth-order valence-electron chi connectivity index (χ4n) is 1.83. The van der Waals surface area contributed by atoms with Gasteiger partial charge in [0.2, 0.25) is 0 Å². The van der Waals surface area contributed by atoms with Crippen LogP contribution in [0, 0.1) is 11.6 Å². The van der Waals surface area contributed by atoms with Gasteiger partial charge in [-0.25, -0.2) is 27.3 Å². The lowest BCUT2D eigenvalue weighted by atomic mass is 10.2. The van der Waals surface area contributed by atoms with Crippen molar-refractivity contribution in [2.24, 2.45) is 5.14 Å². The average Bonchev–Trinajstić information content (AvgIpc) is 2.77. The lowest BCUT2D eigenvalue weighted by Gasteiger charge is -2.07. The number of nitrogens with two attached hydrogens (primary N) is 1. The van der Waals surface area contributed by atoms with Gasteiger partial charge in [-0.1, -0.05) is 6.92 Å². The highest BCUT2D eigenvalue weighted by Crippen LogP contribution is 2.15. The maximum Gasteiger partial charge on any atom is 0.257 e. The van der Waals surface area contributed by atoms with Gasteiger partial charge in [0.15, 0.2) is 5.03 Å². The lowest BCUT2D eigenvalue weighted by molar-refractivity contribution is 0.573. The average molecular weight is 301 g/mol. The Kier molecular flexibility index (Phi) is 3.87. The van der Waals surface area contributed by atoms with E-state index >= 15 is 0 Å². The number of sulfonamides is 1. The Labute approximate surface area is 115 Å². The third kappa shape index (κ3) is 3.02. The summed E-state index contributed by atoms with van der Waals surface area (Å²) in [5, 5.41) is 4.72. The zero-order valence-corrected chi connectivity index (χ0v) is 11.5. The van der Waals surface area contributed by atoms with E-state index in [9.17, 15) is 17.2 Å². The summed E-state index contributed by atoms with van der Waals surface area (Å²) in [6.45, 7) is 1.75. The van der Waals surface area contributed by atoms with Crippen molar-refractivity contribution >= 4 is 10.0 Å². The van der Waals surface area contributed by atoms with E-state index in [1.165, 1.54) is 10.8 Å². The van der Waals surface area contributed by atoms with Crippen LogP contribution in [0.4, 0.5) is 8.78 Å². The van der Waals surface area contributed by atoms with Crippen LogP contribution in [-0.4, -0.2) is 18.0 Å². The van der Waals surface area contributed by atoms with Gasteiger partial charge in [-0.2, -0.15) is 0 Å². The SMILES string of the molecule is CCc1nc(S(N)(=O)=O)cn1Cc1cc(F)ccc1F. The Bertz CT molecular complexity index is 741. The minimum atomic E-state index is -3.92. The number of hydrogen-bond donors (Lipinski definition) is 1. The summed E-state index contributed by atoms with van der Waals surface area (Å²) in [5.74, 6) is -0.705. The minimum Gasteiger partial charge on any atom is -0.329 e. The number of hydrogen-bond acceptors (Lipinski definition) is 3. The first-order valence-corrected chi connectivity index (χ1v) is 7.38. The Morgan fingerprint density at radius 1 is 1.35 bits per heavy atom. The summed E-state index contributed by atoms with van der Waals surface area (Å²) >= 11 is 0. The maximum absolute atomic E-state index is 13.6. The summed E-state index contributed by atoms with van der Waals surface area (Å²) in [7, 11) is -3.92. The van der Waals surface area contributed by atoms with E-state index in [0.29, 0.717) is 12.2 Å². The van der Waals surface area contributed by atoms with Gasteiger partial charge < -0.3 is 4.57 Å². The van der Waals surface area contributed by atoms with Crippen molar-refractivity contribution in [3.63, 3.8) is 0 Å². The third-order valence-corrected chi connectivity index (χ3v) is 3.57. The van der Waals surface area contributed by atoms with Crippen LogP contribution < -0.4 is 5.14 Å². The van der Waals surface area contributed by atoms with Crippen LogP contribution in [0.2, 0.25) is 0 Å². The first-order valence-electron chi connectivity index (χ1n) is 5.84. The molecule has 0 aliphatic heterocycles. The monoisotopic (exact) mass is 301 g/mol. The molecule has 0 aliphatic rings. The Hall–Kier alpha value is -1.80. The molecule has 2 rings (SSSR count). The molecule has 108 valence electrons. The lowest BCUT2D eigenvalue weighted by Crippen LogP contribution is -2.12. The second-order valence-electron chi connectivity index (χ2n) is 4.26. The number of halogens is 2. The van der Waals surface area contributed by atoms with Crippen molar-refractivity contribution in [1.29, 1.82) is 0 Å². The molecule has 1 aromatic heterocycles. The van der Waals surface area contributed by atoms with Crippen molar-refractivity contribution < 1.29 is 17.2 Å². The highest BCUT2D eigenvalue weighted by Gasteiger charge is 2.16. The van der Waals surface area contributed by atoms with E-state index in [2.05, 4.69) is 4.98 Å². The molecule has 0 aliphatic carbocycles. The number of imidazole rings is 1. The van der Waals surface area contributed by atoms with Crippen LogP contribution in [0.1, 0.15) is 18.3 Å². The van der Waals surface area contributed by atoms with Crippen LogP contribution >= 0.6 is 0 Å². The number of rotatable bonds is 4. The van der Waals surface area contributed by atoms with Crippen LogP contribution in [0.15, 0.2) is 29.4 Å². The molecule has 0 unspecified atom stereocenters. The molecule has 0 atom stereocenters. The highest BCUT2D eigenvalue weighted by molar-refractivity contribution is 7.89. The molecule has 1 heterocycles. The number of primary sulfonamides is 1. The van der Waals surface area contributed by atoms with Gasteiger partial charge in [0, 0.05) is 18.2 Å². The summed E-state index contributed by atoms with van der Waals surface area (Å²) in [4.78, 5) is 3.88. The van der Waals surface area contributed by atoms with Crippen molar-refractivity contribution in [1.82, 2.24) is 9.55 Å². The number of aromatic nitrogens is 2. The predicted octanol–water partition coefficient (Wildman–Crippen LogP) is 1.42. The predicted molar refractivity (Wildman–Crippen MR) is 68.4 cm³/mol. The van der Waals surface area contributed by atoms with Gasteiger partial charge in [-0.15, -0.1) is 0 Å². The summed E-state index contributed by atoms with van der Waals surface area (Å²) in [6, 6.07) is 3.10. The molecule has 8 heteroatoms. The molecular formula is C12H13F2N3O2S. The van der Waals surface area contributed by atoms with Crippen molar-refractivity contribution in [2.75, 3.05) is 0 Å². The molecule has 20 heavy (non-hydrogen) atoms. The Balaban J connectivity index is 2.43. The smallest absolute Gasteiger partial charge is 0.257 e. The van der Waals surface area contributed by atoms with Gasteiger partial charge in [0.1, 0.15) is 17.5 Å². The molecule has 1 aromatic carbocycles. The molecule has 0 saturated heterocycles. The van der Waals surface area contributed by atoms with E-state index in [-0.39, 0.29) is 17.1 Å². The van der Waals surface area contributed by atoms with Gasteiger partial charge in [-0.3, -0.25) is 0 Å². The molecule has 2 aromatic rings. The zero-order valence-electron chi connectivity index (χ0n) is 10.7. The van der Waals surface area contributed by atoms with E-state index in [4.69, 9.17) is 5.14 Å². The van der Waals surface area contributed by atoms with Crippen molar-refractivity contribution in [3.8, 4) is 0 Å². The summed E-state index contributed by atoms with van der Waals surface area (Å²) in [5.41, 5.74) is 0.109. The van der Waals surface area contributed by atoms with Crippen LogP contribution in [0.3, 0.4) is 0 Å². The molecule has 5 nitrogen and oxygen atoms in total. The van der Waals surface area contributed by atoms with E-state index in [0.717, 1.165) is 18.2 Å². The van der Waals surface area contributed by atoms with E-state index < -0.39 is 21.7 Å². The Morgan fingerprint density at radius 2 is 2.05 bits per heavy atom. The fraction of sp³-hybridized carbons (Fsp3) is 0.250. The molecule has 0 bridgehead atoms. The number of aryl methyl sites for hydroxylation is 1. The first kappa shape index (κ1) is 14.6. The molecule has 0 fully saturated rings. The van der Waals surface area contributed by atoms with Crippen LogP contribution in [-0.2, 0) is 23.0 Å². The highest BCUT2D eigenvalue weighted by atomic mass is 32.2. The second-order valence-corrected chi connectivity index (χ2v) is 5.77. The molecule has 0 saturated carbocycles. The molecular weight excluding hydrogens is 288 g/mol. The van der Waals surface area contributed by atoms with Crippen LogP contribution in [0.5, 0.6) is 0 Å². The Morgan fingerprint density at radius 3 is 2.65 bits per heavy atom. The van der Waals surface area contributed by atoms with Crippen LogP contribution in [0.25, 0.3) is 0 Å². The first-order chi connectivity index (χ1) is 9.31. The van der Waals surface area contributed by atoms with Gasteiger partial charge >= 0.3 is 0 Å². The van der Waals surface area contributed by atoms with Crippen molar-refractivity contribution in [2.45, 2.75) is 24.9 Å². The standard InChI is InChI=1S/C12H13F2N3O2S/c1-2-11-16-12(20(15,18)19)7-17(11)6-8-5-9(13)3-4-10(8)14/h3-5,7H,2,6H2,1H3,(H2,15,18,19). The maximum atomic E-state index is 13.6. The van der Waals surface area contributed by atoms with E-state index in [1.54, 1.807) is 6.92 Å². The molecule has 0 spiro atoms. The summed E-state index contributed by atoms with van der Waals surface area (Å²) < 4.78 is 50.7. The molecule has 0 radical (unpaired) electrons. The number of nitrogens with zero attached hydrogens (tertiary/aromatic N) is 2. The number of benzene rings is 1. The quantitative estimate of drug-likeness (QED) is 0.927. The molecule has 2 N–H and O–H groups in total. The second kappa shape index (κ2) is 5.29. The van der Waals surface area contributed by atoms with Gasteiger partial charge in [0.25, 0.3) is 10.0 Å². The summed E-state index contributed by atoms with van der Waals surface area (Å²) in [6.07, 6.45) is 1.66. The third-order valence-electron chi connectivity index (χ3n) is 2.79. The topological polar surface area (TPSA) is 78.0 Å². The largest absolute Gasteiger partial charge is 0.329 e. The zero-order chi connectivity index (χ0) is 14.9. The van der Waals surface area contributed by atoms with Gasteiger partial charge in [-0.05, 0) is 18.2 Å². The normalized spacial score (nSPS) is 11.8. The van der Waals surface area contributed by atoms with Gasteiger partial charge in [0.05, 0.1) is 6.54 Å². The van der Waals surface area contributed by atoms with E-state index in [1.807, 2.05) is 0 Å². The fourth-order valence-corrected chi connectivity index (χ4v) is 2.34. The molecule has 0 amide bonds.